The van der Waals surface area contributed by atoms with Gasteiger partial charge in [0, 0.05) is 31.9 Å². The van der Waals surface area contributed by atoms with Gasteiger partial charge in [-0.05, 0) is 26.1 Å². The Morgan fingerprint density at radius 2 is 2.35 bits per heavy atom. The lowest BCUT2D eigenvalue weighted by atomic mass is 10.2. The second-order valence-corrected chi connectivity index (χ2v) is 4.48. The molecule has 0 spiro atoms. The monoisotopic (exact) mass is 234 g/mol. The summed E-state index contributed by atoms with van der Waals surface area (Å²) in [6, 6.07) is 3.85. The first-order chi connectivity index (χ1) is 8.16. The highest BCUT2D eigenvalue weighted by atomic mass is 16.2. The van der Waals surface area contributed by atoms with Gasteiger partial charge in [0.25, 0.3) is 0 Å². The van der Waals surface area contributed by atoms with Crippen LogP contribution in [-0.2, 0) is 0 Å². The van der Waals surface area contributed by atoms with Crippen molar-refractivity contribution >= 4 is 11.7 Å². The third kappa shape index (κ3) is 2.94. The average Bonchev–Trinajstić information content (AvgIpc) is 2.30. The maximum atomic E-state index is 12.1. The molecule has 2 amide bonds. The van der Waals surface area contributed by atoms with Gasteiger partial charge in [0.2, 0.25) is 0 Å². The lowest BCUT2D eigenvalue weighted by molar-refractivity contribution is 0.125. The number of urea groups is 1. The molecule has 1 N–H and O–H groups in total. The van der Waals surface area contributed by atoms with Crippen LogP contribution in [0.5, 0.6) is 0 Å². The number of piperazine rings is 1. The summed E-state index contributed by atoms with van der Waals surface area (Å²) < 4.78 is 0. The zero-order chi connectivity index (χ0) is 12.3. The molecule has 92 valence electrons. The third-order valence-electron chi connectivity index (χ3n) is 3.00. The Balaban J connectivity index is 1.96. The van der Waals surface area contributed by atoms with Crippen molar-refractivity contribution in [2.45, 2.75) is 13.0 Å². The van der Waals surface area contributed by atoms with Gasteiger partial charge in [0.05, 0.1) is 11.9 Å². The molecule has 2 rings (SSSR count). The van der Waals surface area contributed by atoms with Crippen molar-refractivity contribution in [1.82, 2.24) is 14.8 Å². The lowest BCUT2D eigenvalue weighted by Gasteiger charge is -2.38. The van der Waals surface area contributed by atoms with Crippen LogP contribution >= 0.6 is 0 Å². The number of likely N-dealkylation sites (N-methyl/N-ethyl adjacent to an activating group) is 1. The van der Waals surface area contributed by atoms with Gasteiger partial charge < -0.3 is 15.1 Å². The highest BCUT2D eigenvalue weighted by molar-refractivity contribution is 5.89. The molecular weight excluding hydrogens is 216 g/mol. The van der Waals surface area contributed by atoms with Crippen LogP contribution in [0, 0.1) is 0 Å². The molecule has 1 aliphatic heterocycles. The second kappa shape index (κ2) is 5.14. The normalized spacial score (nSPS) is 21.3. The Hall–Kier alpha value is -1.62. The van der Waals surface area contributed by atoms with Gasteiger partial charge in [-0.25, -0.2) is 4.79 Å². The summed E-state index contributed by atoms with van der Waals surface area (Å²) in [4.78, 5) is 20.1. The van der Waals surface area contributed by atoms with Crippen molar-refractivity contribution in [3.05, 3.63) is 24.5 Å². The predicted octanol–water partition coefficient (Wildman–Crippen LogP) is 1.25. The van der Waals surface area contributed by atoms with Crippen molar-refractivity contribution < 1.29 is 4.79 Å². The van der Waals surface area contributed by atoms with E-state index >= 15 is 0 Å². The first-order valence-electron chi connectivity index (χ1n) is 5.83. The van der Waals surface area contributed by atoms with E-state index in [9.17, 15) is 4.79 Å². The zero-order valence-corrected chi connectivity index (χ0v) is 10.3. The molecule has 0 bridgehead atoms. The van der Waals surface area contributed by atoms with Crippen LogP contribution < -0.4 is 5.32 Å². The standard InChI is InChI=1S/C12H18N4O/c1-10-9-15(2)6-7-16(10)12(17)14-11-4-3-5-13-8-11/h3-5,8,10H,6-7,9H2,1-2H3,(H,14,17). The number of aromatic nitrogens is 1. The zero-order valence-electron chi connectivity index (χ0n) is 10.3. The minimum Gasteiger partial charge on any atom is -0.319 e. The van der Waals surface area contributed by atoms with Crippen molar-refractivity contribution in [2.75, 3.05) is 32.0 Å². The van der Waals surface area contributed by atoms with Crippen molar-refractivity contribution in [3.63, 3.8) is 0 Å². The summed E-state index contributed by atoms with van der Waals surface area (Å²) in [5.41, 5.74) is 0.739. The number of hydrogen-bond donors (Lipinski definition) is 1. The number of pyridine rings is 1. The third-order valence-corrected chi connectivity index (χ3v) is 3.00. The molecule has 1 aromatic rings. The quantitative estimate of drug-likeness (QED) is 0.795. The maximum absolute atomic E-state index is 12.1. The van der Waals surface area contributed by atoms with Gasteiger partial charge >= 0.3 is 6.03 Å². The average molecular weight is 234 g/mol. The number of amides is 2. The highest BCUT2D eigenvalue weighted by Crippen LogP contribution is 2.11. The molecule has 0 radical (unpaired) electrons. The summed E-state index contributed by atoms with van der Waals surface area (Å²) in [5.74, 6) is 0. The molecular formula is C12H18N4O. The minimum absolute atomic E-state index is 0.0430. The molecule has 1 unspecified atom stereocenters. The van der Waals surface area contributed by atoms with Crippen molar-refractivity contribution in [1.29, 1.82) is 0 Å². The Kier molecular flexibility index (Phi) is 3.58. The van der Waals surface area contributed by atoms with Crippen LogP contribution in [0.2, 0.25) is 0 Å². The lowest BCUT2D eigenvalue weighted by Crippen LogP contribution is -2.53. The SMILES string of the molecule is CC1CN(C)CCN1C(=O)Nc1cccnc1. The van der Waals surface area contributed by atoms with Crippen LogP contribution in [0.3, 0.4) is 0 Å². The molecule has 1 saturated heterocycles. The van der Waals surface area contributed by atoms with Gasteiger partial charge in [-0.3, -0.25) is 4.98 Å². The predicted molar refractivity (Wildman–Crippen MR) is 66.9 cm³/mol. The molecule has 1 aliphatic rings. The molecule has 5 heteroatoms. The molecule has 5 nitrogen and oxygen atoms in total. The largest absolute Gasteiger partial charge is 0.322 e. The first kappa shape index (κ1) is 11.9. The van der Waals surface area contributed by atoms with Gasteiger partial charge in [-0.15, -0.1) is 0 Å². The van der Waals surface area contributed by atoms with Gasteiger partial charge in [-0.2, -0.15) is 0 Å². The molecule has 1 aromatic heterocycles. The number of anilines is 1. The Labute approximate surface area is 101 Å². The van der Waals surface area contributed by atoms with Crippen LogP contribution in [0.1, 0.15) is 6.92 Å². The molecule has 17 heavy (non-hydrogen) atoms. The van der Waals surface area contributed by atoms with Crippen molar-refractivity contribution in [2.24, 2.45) is 0 Å². The summed E-state index contributed by atoms with van der Waals surface area (Å²) >= 11 is 0. The maximum Gasteiger partial charge on any atom is 0.322 e. The van der Waals surface area contributed by atoms with Gasteiger partial charge in [-0.1, -0.05) is 0 Å². The van der Waals surface area contributed by atoms with Gasteiger partial charge in [0.1, 0.15) is 0 Å². The van der Waals surface area contributed by atoms with E-state index in [-0.39, 0.29) is 12.1 Å². The molecule has 0 saturated carbocycles. The fourth-order valence-corrected chi connectivity index (χ4v) is 2.07. The van der Waals surface area contributed by atoms with Crippen molar-refractivity contribution in [3.8, 4) is 0 Å². The van der Waals surface area contributed by atoms with E-state index in [0.29, 0.717) is 0 Å². The van der Waals surface area contributed by atoms with E-state index in [0.717, 1.165) is 25.3 Å². The number of nitrogens with one attached hydrogen (secondary N) is 1. The summed E-state index contributed by atoms with van der Waals surface area (Å²) in [6.45, 7) is 4.67. The van der Waals surface area contributed by atoms with Crippen LogP contribution in [0.15, 0.2) is 24.5 Å². The van der Waals surface area contributed by atoms with E-state index in [1.165, 1.54) is 0 Å². The van der Waals surface area contributed by atoms with Gasteiger partial charge in [0.15, 0.2) is 0 Å². The van der Waals surface area contributed by atoms with Crippen LogP contribution in [0.4, 0.5) is 10.5 Å². The minimum atomic E-state index is -0.0430. The van der Waals surface area contributed by atoms with E-state index in [1.807, 2.05) is 17.0 Å². The smallest absolute Gasteiger partial charge is 0.319 e. The molecule has 1 fully saturated rings. The Morgan fingerprint density at radius 1 is 1.53 bits per heavy atom. The van der Waals surface area contributed by atoms with Crippen LogP contribution in [0.25, 0.3) is 0 Å². The number of hydrogen-bond acceptors (Lipinski definition) is 3. The van der Waals surface area contributed by atoms with E-state index < -0.39 is 0 Å². The number of carbonyl (C=O) groups is 1. The molecule has 0 aromatic carbocycles. The first-order valence-corrected chi connectivity index (χ1v) is 5.83. The Morgan fingerprint density at radius 3 is 3.00 bits per heavy atom. The Bertz CT molecular complexity index is 381. The number of carbonyl (C=O) groups excluding carboxylic acids is 1. The molecule has 2 heterocycles. The second-order valence-electron chi connectivity index (χ2n) is 4.48. The van der Waals surface area contributed by atoms with E-state index in [1.54, 1.807) is 12.4 Å². The number of nitrogens with zero attached hydrogens (tertiary/aromatic N) is 3. The topological polar surface area (TPSA) is 48.5 Å². The molecule has 1 atom stereocenters. The summed E-state index contributed by atoms with van der Waals surface area (Å²) in [6.07, 6.45) is 3.34. The fraction of sp³-hybridized carbons (Fsp3) is 0.500. The van der Waals surface area contributed by atoms with Crippen LogP contribution in [-0.4, -0.2) is 53.5 Å². The summed E-state index contributed by atoms with van der Waals surface area (Å²) in [5, 5.41) is 2.86. The van der Waals surface area contributed by atoms with E-state index in [4.69, 9.17) is 0 Å². The highest BCUT2D eigenvalue weighted by Gasteiger charge is 2.25. The molecule has 0 aliphatic carbocycles. The summed E-state index contributed by atoms with van der Waals surface area (Å²) in [7, 11) is 2.08. The number of rotatable bonds is 1. The van der Waals surface area contributed by atoms with E-state index in [2.05, 4.69) is 29.2 Å². The fourth-order valence-electron chi connectivity index (χ4n) is 2.07.